The maximum Gasteiger partial charge on any atom is 0.271 e. The van der Waals surface area contributed by atoms with Crippen LogP contribution in [-0.2, 0) is 31.3 Å². The summed E-state index contributed by atoms with van der Waals surface area (Å²) in [6.45, 7) is 5.29. The quantitative estimate of drug-likeness (QED) is 0.712. The van der Waals surface area contributed by atoms with Crippen molar-refractivity contribution in [3.8, 4) is 0 Å². The molecule has 1 aromatic carbocycles. The molecule has 148 valence electrons. The number of nitrogens with zero attached hydrogens (tertiary/aromatic N) is 1. The molecule has 1 fully saturated rings. The summed E-state index contributed by atoms with van der Waals surface area (Å²) in [5.74, 6) is 0. The lowest BCUT2D eigenvalue weighted by Gasteiger charge is -2.26. The van der Waals surface area contributed by atoms with Gasteiger partial charge in [-0.05, 0) is 36.2 Å². The van der Waals surface area contributed by atoms with Gasteiger partial charge in [0.25, 0.3) is 10.0 Å². The summed E-state index contributed by atoms with van der Waals surface area (Å²) in [5, 5.41) is 5.10. The average Bonchev–Trinajstić information content (AvgIpc) is 2.99. The van der Waals surface area contributed by atoms with Crippen molar-refractivity contribution in [1.29, 1.82) is 0 Å². The molecule has 0 bridgehead atoms. The van der Waals surface area contributed by atoms with E-state index in [1.54, 1.807) is 18.2 Å². The second kappa shape index (κ2) is 7.86. The van der Waals surface area contributed by atoms with Crippen LogP contribution in [0.1, 0.15) is 11.1 Å². The fourth-order valence-electron chi connectivity index (χ4n) is 2.80. The van der Waals surface area contributed by atoms with Crippen molar-refractivity contribution in [2.75, 3.05) is 31.0 Å². The molecule has 0 saturated carbocycles. The van der Waals surface area contributed by atoms with Crippen molar-refractivity contribution in [1.82, 2.24) is 4.90 Å². The molecular weight excluding hydrogens is 410 g/mol. The molecule has 8 nitrogen and oxygen atoms in total. The highest BCUT2D eigenvalue weighted by Crippen LogP contribution is 2.30. The number of ether oxygens (including phenoxy) is 1. The summed E-state index contributed by atoms with van der Waals surface area (Å²) in [5.41, 5.74) is 1.73. The van der Waals surface area contributed by atoms with Gasteiger partial charge in [0.2, 0.25) is 10.0 Å². The molecule has 11 heteroatoms. The Labute approximate surface area is 163 Å². The minimum absolute atomic E-state index is 0.0647. The third-order valence-electron chi connectivity index (χ3n) is 4.06. The number of nitrogens with two attached hydrogens (primary N) is 1. The molecule has 0 unspecified atom stereocenters. The summed E-state index contributed by atoms with van der Waals surface area (Å²) in [6, 6.07) is 8.41. The van der Waals surface area contributed by atoms with Gasteiger partial charge in [-0.15, -0.1) is 11.3 Å². The van der Waals surface area contributed by atoms with Gasteiger partial charge in [-0.25, -0.2) is 22.0 Å². The minimum Gasteiger partial charge on any atom is -0.379 e. The Morgan fingerprint density at radius 3 is 2.52 bits per heavy atom. The molecule has 27 heavy (non-hydrogen) atoms. The van der Waals surface area contributed by atoms with Crippen molar-refractivity contribution in [2.24, 2.45) is 5.14 Å². The molecule has 0 aliphatic carbocycles. The summed E-state index contributed by atoms with van der Waals surface area (Å²) in [4.78, 5) is 2.24. The smallest absolute Gasteiger partial charge is 0.271 e. The first-order chi connectivity index (χ1) is 12.6. The van der Waals surface area contributed by atoms with Gasteiger partial charge in [0.15, 0.2) is 0 Å². The van der Waals surface area contributed by atoms with E-state index in [-0.39, 0.29) is 8.42 Å². The van der Waals surface area contributed by atoms with Crippen molar-refractivity contribution < 1.29 is 21.6 Å². The molecule has 2 heterocycles. The van der Waals surface area contributed by atoms with Gasteiger partial charge < -0.3 is 4.74 Å². The van der Waals surface area contributed by atoms with Crippen LogP contribution in [0.25, 0.3) is 0 Å². The number of primary sulfonamides is 1. The normalized spacial score (nSPS) is 16.4. The topological polar surface area (TPSA) is 119 Å². The fraction of sp³-hybridized carbons (Fsp3) is 0.375. The zero-order chi connectivity index (χ0) is 19.7. The van der Waals surface area contributed by atoms with Crippen LogP contribution in [0.5, 0.6) is 0 Å². The van der Waals surface area contributed by atoms with Crippen LogP contribution in [0, 0.1) is 6.92 Å². The Hall–Kier alpha value is -1.50. The van der Waals surface area contributed by atoms with Crippen molar-refractivity contribution in [3.63, 3.8) is 0 Å². The molecule has 1 aliphatic rings. The van der Waals surface area contributed by atoms with Gasteiger partial charge >= 0.3 is 0 Å². The highest BCUT2D eigenvalue weighted by Gasteiger charge is 2.24. The Bertz CT molecular complexity index is 1030. The average molecular weight is 432 g/mol. The molecule has 2 aromatic rings. The molecule has 1 saturated heterocycles. The van der Waals surface area contributed by atoms with Gasteiger partial charge in [0.05, 0.1) is 13.2 Å². The molecule has 3 rings (SSSR count). The Balaban J connectivity index is 1.80. The van der Waals surface area contributed by atoms with E-state index in [4.69, 9.17) is 9.88 Å². The molecule has 1 aromatic heterocycles. The van der Waals surface area contributed by atoms with Gasteiger partial charge in [-0.2, -0.15) is 0 Å². The molecular formula is C16H21N3O5S3. The van der Waals surface area contributed by atoms with E-state index in [0.717, 1.165) is 18.7 Å². The van der Waals surface area contributed by atoms with E-state index in [0.29, 0.717) is 42.3 Å². The largest absolute Gasteiger partial charge is 0.379 e. The second-order valence-corrected chi connectivity index (χ2v) is 11.0. The van der Waals surface area contributed by atoms with Crippen molar-refractivity contribution in [3.05, 3.63) is 41.5 Å². The summed E-state index contributed by atoms with van der Waals surface area (Å²) in [7, 11) is -7.87. The van der Waals surface area contributed by atoms with E-state index in [1.807, 2.05) is 6.07 Å². The predicted molar refractivity (Wildman–Crippen MR) is 104 cm³/mol. The second-order valence-electron chi connectivity index (χ2n) is 6.28. The third-order valence-corrected chi connectivity index (χ3v) is 8.74. The summed E-state index contributed by atoms with van der Waals surface area (Å²) < 4.78 is 56.0. The molecule has 0 spiro atoms. The van der Waals surface area contributed by atoms with Gasteiger partial charge in [-0.3, -0.25) is 9.62 Å². The lowest BCUT2D eigenvalue weighted by atomic mass is 10.2. The predicted octanol–water partition coefficient (Wildman–Crippen LogP) is 1.34. The maximum absolute atomic E-state index is 12.7. The Kier molecular flexibility index (Phi) is 5.89. The molecule has 3 N–H and O–H groups in total. The first-order valence-corrected chi connectivity index (χ1v) is 12.0. The number of thiophene rings is 1. The number of aryl methyl sites for hydroxylation is 1. The minimum atomic E-state index is -3.95. The first-order valence-electron chi connectivity index (χ1n) is 8.20. The number of morpholine rings is 1. The van der Waals surface area contributed by atoms with Crippen LogP contribution >= 0.6 is 11.3 Å². The van der Waals surface area contributed by atoms with Crippen LogP contribution in [0.15, 0.2) is 38.8 Å². The number of sulfonamides is 2. The standard InChI is InChI=1S/C16H21N3O5S3/c1-12-9-15(26(17,20)21)25-16(12)27(22,23)18-14-4-2-3-13(10-14)11-19-5-7-24-8-6-19/h2-4,9-10,18H,5-8,11H2,1H3,(H2,17,20,21). The van der Waals surface area contributed by atoms with Gasteiger partial charge in [0.1, 0.15) is 8.42 Å². The Morgan fingerprint density at radius 1 is 1.19 bits per heavy atom. The SMILES string of the molecule is Cc1cc(S(N)(=O)=O)sc1S(=O)(=O)Nc1cccc(CN2CCOCC2)c1. The fourth-order valence-corrected chi connectivity index (χ4v) is 6.49. The van der Waals surface area contributed by atoms with Crippen molar-refractivity contribution >= 4 is 37.1 Å². The summed E-state index contributed by atoms with van der Waals surface area (Å²) >= 11 is 0.640. The lowest BCUT2D eigenvalue weighted by Crippen LogP contribution is -2.35. The highest BCUT2D eigenvalue weighted by molar-refractivity contribution is 7.96. The maximum atomic E-state index is 12.7. The lowest BCUT2D eigenvalue weighted by molar-refractivity contribution is 0.0342. The van der Waals surface area contributed by atoms with Gasteiger partial charge in [-0.1, -0.05) is 12.1 Å². The van der Waals surface area contributed by atoms with E-state index in [9.17, 15) is 16.8 Å². The molecule has 0 amide bonds. The molecule has 1 aliphatic heterocycles. The number of hydrogen-bond donors (Lipinski definition) is 2. The number of rotatable bonds is 6. The highest BCUT2D eigenvalue weighted by atomic mass is 32.3. The van der Waals surface area contributed by atoms with E-state index in [1.165, 1.54) is 13.0 Å². The molecule has 0 atom stereocenters. The zero-order valence-corrected chi connectivity index (χ0v) is 17.2. The van der Waals surface area contributed by atoms with Crippen LogP contribution in [0.4, 0.5) is 5.69 Å². The van der Waals surface area contributed by atoms with E-state index in [2.05, 4.69) is 9.62 Å². The number of anilines is 1. The number of benzene rings is 1. The van der Waals surface area contributed by atoms with Crippen molar-refractivity contribution in [2.45, 2.75) is 21.9 Å². The van der Waals surface area contributed by atoms with Gasteiger partial charge in [0, 0.05) is 25.3 Å². The van der Waals surface area contributed by atoms with Crippen LogP contribution in [-0.4, -0.2) is 48.0 Å². The number of nitrogens with one attached hydrogen (secondary N) is 1. The van der Waals surface area contributed by atoms with Crippen LogP contribution in [0.2, 0.25) is 0 Å². The van der Waals surface area contributed by atoms with E-state index >= 15 is 0 Å². The van der Waals surface area contributed by atoms with E-state index < -0.39 is 20.0 Å². The van der Waals surface area contributed by atoms with Crippen LogP contribution in [0.3, 0.4) is 0 Å². The Morgan fingerprint density at radius 2 is 1.89 bits per heavy atom. The summed E-state index contributed by atoms with van der Waals surface area (Å²) in [6.07, 6.45) is 0. The number of hydrogen-bond acceptors (Lipinski definition) is 7. The first kappa shape index (κ1) is 20.2. The zero-order valence-electron chi connectivity index (χ0n) is 14.7. The molecule has 0 radical (unpaired) electrons. The monoisotopic (exact) mass is 431 g/mol. The van der Waals surface area contributed by atoms with Crippen LogP contribution < -0.4 is 9.86 Å². The third kappa shape index (κ3) is 5.06.